The number of unbranched alkanes of at least 4 members (excludes halogenated alkanes) is 41. The standard InChI is InChI=1S/C80H143NO8/c1-6-8-10-12-14-16-18-20-22-24-26-28-30-32-34-36-37-38-39-40-41-43-44-46-48-50-52-54-56-58-60-62-64-66-68-70-77(82)87-74-76(75-88-80(79(84)85)86-73-72-81(3,4)5)89-78(83)71-69-67-65-63-61-59-57-55-53-51-49-47-45-42-35-33-31-29-27-25-23-21-19-17-15-13-11-9-7-2/h9,11,15,17,21,23-24,26-27,29,33,35,45,47,76,80H,6-8,10,12-14,16,18-20,22,25,28,30-32,34,36-44,46,48-75H2,1-5H3/p+1/b11-9-,17-15-,23-21-,26-24-,29-27-,35-33-,47-45-. The average Bonchev–Trinajstić information content (AvgIpc) is 3.71. The predicted molar refractivity (Wildman–Crippen MR) is 382 cm³/mol. The second kappa shape index (κ2) is 70.3. The van der Waals surface area contributed by atoms with Crippen LogP contribution in [0.2, 0.25) is 0 Å². The third-order valence-electron chi connectivity index (χ3n) is 16.6. The number of ether oxygens (including phenoxy) is 4. The lowest BCUT2D eigenvalue weighted by Gasteiger charge is -2.25. The number of nitrogens with zero attached hydrogens (tertiary/aromatic N) is 1. The van der Waals surface area contributed by atoms with Gasteiger partial charge in [0.1, 0.15) is 13.2 Å². The summed E-state index contributed by atoms with van der Waals surface area (Å²) < 4.78 is 23.0. The summed E-state index contributed by atoms with van der Waals surface area (Å²) in [5, 5.41) is 9.76. The minimum Gasteiger partial charge on any atom is -0.477 e. The van der Waals surface area contributed by atoms with Crippen molar-refractivity contribution in [3.8, 4) is 0 Å². The van der Waals surface area contributed by atoms with Gasteiger partial charge in [-0.25, -0.2) is 4.79 Å². The number of esters is 2. The molecular weight excluding hydrogens is 1100 g/mol. The predicted octanol–water partition coefficient (Wildman–Crippen LogP) is 23.8. The van der Waals surface area contributed by atoms with Crippen LogP contribution in [0.4, 0.5) is 0 Å². The van der Waals surface area contributed by atoms with Gasteiger partial charge in [-0.1, -0.05) is 330 Å². The van der Waals surface area contributed by atoms with Crippen LogP contribution in [0.1, 0.15) is 348 Å². The molecule has 89 heavy (non-hydrogen) atoms. The molecule has 0 aromatic rings. The van der Waals surface area contributed by atoms with Crippen molar-refractivity contribution in [3.05, 3.63) is 85.1 Å². The van der Waals surface area contributed by atoms with Crippen molar-refractivity contribution in [1.82, 2.24) is 0 Å². The molecule has 0 saturated carbocycles. The van der Waals surface area contributed by atoms with Gasteiger partial charge in [-0.15, -0.1) is 0 Å². The number of aliphatic carboxylic acids is 1. The van der Waals surface area contributed by atoms with E-state index in [1.54, 1.807) is 0 Å². The summed E-state index contributed by atoms with van der Waals surface area (Å²) in [6.45, 7) is 4.80. The van der Waals surface area contributed by atoms with Gasteiger partial charge in [0, 0.05) is 12.8 Å². The van der Waals surface area contributed by atoms with Gasteiger partial charge in [0.2, 0.25) is 0 Å². The Morgan fingerprint density at radius 2 is 0.640 bits per heavy atom. The number of rotatable bonds is 70. The Balaban J connectivity index is 4.05. The fraction of sp³-hybridized carbons (Fsp3) is 0.787. The Hall–Kier alpha value is -3.53. The van der Waals surface area contributed by atoms with Crippen LogP contribution in [-0.4, -0.2) is 87.4 Å². The molecule has 0 aliphatic rings. The van der Waals surface area contributed by atoms with Crippen molar-refractivity contribution < 1.29 is 42.9 Å². The zero-order valence-electron chi connectivity index (χ0n) is 59.1. The molecule has 0 saturated heterocycles. The van der Waals surface area contributed by atoms with E-state index in [4.69, 9.17) is 18.9 Å². The van der Waals surface area contributed by atoms with Crippen LogP contribution < -0.4 is 0 Å². The van der Waals surface area contributed by atoms with Gasteiger partial charge in [0.05, 0.1) is 34.4 Å². The van der Waals surface area contributed by atoms with Gasteiger partial charge in [-0.2, -0.15) is 0 Å². The molecule has 0 heterocycles. The third kappa shape index (κ3) is 71.8. The quantitative estimate of drug-likeness (QED) is 0.0211. The number of quaternary nitrogens is 1. The molecule has 2 unspecified atom stereocenters. The summed E-state index contributed by atoms with van der Waals surface area (Å²) in [6.07, 6.45) is 92.9. The van der Waals surface area contributed by atoms with E-state index in [0.717, 1.165) is 83.5 Å². The van der Waals surface area contributed by atoms with Gasteiger partial charge in [-0.3, -0.25) is 9.59 Å². The van der Waals surface area contributed by atoms with E-state index in [-0.39, 0.29) is 32.2 Å². The van der Waals surface area contributed by atoms with E-state index in [1.165, 1.54) is 231 Å². The van der Waals surface area contributed by atoms with Gasteiger partial charge in [0.25, 0.3) is 6.29 Å². The first-order chi connectivity index (χ1) is 43.6. The summed E-state index contributed by atoms with van der Waals surface area (Å²) in [7, 11) is 5.98. The molecule has 9 nitrogen and oxygen atoms in total. The molecular formula is C80H144NO8+. The fourth-order valence-electron chi connectivity index (χ4n) is 10.9. The highest BCUT2D eigenvalue weighted by atomic mass is 16.7. The zero-order valence-corrected chi connectivity index (χ0v) is 59.1. The Kier molecular flexibility index (Phi) is 67.6. The van der Waals surface area contributed by atoms with Gasteiger partial charge in [0.15, 0.2) is 6.10 Å². The summed E-state index contributed by atoms with van der Waals surface area (Å²) in [6, 6.07) is 0. The summed E-state index contributed by atoms with van der Waals surface area (Å²) >= 11 is 0. The van der Waals surface area contributed by atoms with Crippen molar-refractivity contribution in [3.63, 3.8) is 0 Å². The van der Waals surface area contributed by atoms with Crippen molar-refractivity contribution in [1.29, 1.82) is 0 Å². The van der Waals surface area contributed by atoms with E-state index in [9.17, 15) is 19.5 Å². The van der Waals surface area contributed by atoms with E-state index in [0.29, 0.717) is 23.9 Å². The van der Waals surface area contributed by atoms with Crippen molar-refractivity contribution in [2.24, 2.45) is 0 Å². The summed E-state index contributed by atoms with van der Waals surface area (Å²) in [5.74, 6) is -2.00. The number of carboxylic acids is 1. The largest absolute Gasteiger partial charge is 0.477 e. The smallest absolute Gasteiger partial charge is 0.361 e. The first-order valence-electron chi connectivity index (χ1n) is 37.8. The van der Waals surface area contributed by atoms with Crippen LogP contribution in [0.5, 0.6) is 0 Å². The maximum Gasteiger partial charge on any atom is 0.361 e. The second-order valence-electron chi connectivity index (χ2n) is 26.6. The second-order valence-corrected chi connectivity index (χ2v) is 26.6. The molecule has 2 atom stereocenters. The van der Waals surface area contributed by atoms with Crippen molar-refractivity contribution >= 4 is 17.9 Å². The molecule has 0 aliphatic carbocycles. The molecule has 0 aromatic carbocycles. The minimum atomic E-state index is -1.52. The lowest BCUT2D eigenvalue weighted by Crippen LogP contribution is -2.40. The lowest BCUT2D eigenvalue weighted by molar-refractivity contribution is -0.870. The van der Waals surface area contributed by atoms with Gasteiger partial charge < -0.3 is 28.5 Å². The molecule has 0 fully saturated rings. The number of likely N-dealkylation sites (N-methyl/N-ethyl adjacent to an activating group) is 1. The summed E-state index contributed by atoms with van der Waals surface area (Å²) in [4.78, 5) is 37.7. The summed E-state index contributed by atoms with van der Waals surface area (Å²) in [5.41, 5.74) is 0. The average molecular weight is 1250 g/mol. The normalized spacial score (nSPS) is 13.1. The Morgan fingerprint density at radius 3 is 0.966 bits per heavy atom. The maximum atomic E-state index is 13.0. The van der Waals surface area contributed by atoms with E-state index >= 15 is 0 Å². The van der Waals surface area contributed by atoms with E-state index in [1.807, 2.05) is 21.1 Å². The Labute approximate surface area is 550 Å². The molecule has 9 heteroatoms. The molecule has 516 valence electrons. The topological polar surface area (TPSA) is 108 Å². The van der Waals surface area contributed by atoms with Crippen molar-refractivity contribution in [2.45, 2.75) is 360 Å². The maximum absolute atomic E-state index is 13.0. The van der Waals surface area contributed by atoms with Crippen LogP contribution in [-0.2, 0) is 33.3 Å². The molecule has 0 spiro atoms. The zero-order chi connectivity index (χ0) is 64.7. The molecule has 0 rings (SSSR count). The molecule has 0 aromatic heterocycles. The number of allylic oxidation sites excluding steroid dienone is 14. The number of carbonyl (C=O) groups excluding carboxylic acids is 2. The Morgan fingerprint density at radius 1 is 0.348 bits per heavy atom. The van der Waals surface area contributed by atoms with Crippen molar-refractivity contribution in [2.75, 3.05) is 47.5 Å². The number of hydrogen-bond donors (Lipinski definition) is 1. The molecule has 0 amide bonds. The highest BCUT2D eigenvalue weighted by molar-refractivity contribution is 5.71. The highest BCUT2D eigenvalue weighted by Crippen LogP contribution is 2.18. The number of carbonyl (C=O) groups is 3. The van der Waals surface area contributed by atoms with Crippen LogP contribution in [0.15, 0.2) is 85.1 Å². The fourth-order valence-corrected chi connectivity index (χ4v) is 10.9. The van der Waals surface area contributed by atoms with Gasteiger partial charge >= 0.3 is 17.9 Å². The molecule has 0 aliphatic heterocycles. The highest BCUT2D eigenvalue weighted by Gasteiger charge is 2.25. The monoisotopic (exact) mass is 1250 g/mol. The number of carboxylic acid groups (broad SMARTS) is 1. The molecule has 1 N–H and O–H groups in total. The Bertz CT molecular complexity index is 1740. The van der Waals surface area contributed by atoms with Crippen LogP contribution in [0, 0.1) is 0 Å². The molecule has 0 bridgehead atoms. The van der Waals surface area contributed by atoms with E-state index < -0.39 is 24.3 Å². The molecule has 0 radical (unpaired) electrons. The first kappa shape index (κ1) is 85.5. The minimum absolute atomic E-state index is 0.184. The van der Waals surface area contributed by atoms with Crippen LogP contribution in [0.3, 0.4) is 0 Å². The van der Waals surface area contributed by atoms with E-state index in [2.05, 4.69) is 98.9 Å². The van der Waals surface area contributed by atoms with Gasteiger partial charge in [-0.05, 0) is 89.9 Å². The van der Waals surface area contributed by atoms with Crippen LogP contribution >= 0.6 is 0 Å². The first-order valence-corrected chi connectivity index (χ1v) is 37.8. The number of hydrogen-bond acceptors (Lipinski definition) is 7. The van der Waals surface area contributed by atoms with Crippen LogP contribution in [0.25, 0.3) is 0 Å². The third-order valence-corrected chi connectivity index (χ3v) is 16.6. The lowest BCUT2D eigenvalue weighted by atomic mass is 10.0. The SMILES string of the molecule is CC/C=C\C/C=C\C/C=C\C/C=C\C/C=C\C/C=C\CCCCCCCCCCCCC(=O)OC(COC(=O)CCCCCCCCCCCCCCCCCCCCCCCCC/C=C\CCCCCCCCCC)COC(OCC[N+](C)(C)C)C(=O)O.